The second kappa shape index (κ2) is 5.23. The van der Waals surface area contributed by atoms with E-state index in [1.807, 2.05) is 0 Å². The van der Waals surface area contributed by atoms with Crippen LogP contribution >= 0.6 is 34.8 Å². The van der Waals surface area contributed by atoms with Crippen LogP contribution in [0, 0.1) is 0 Å². The van der Waals surface area contributed by atoms with E-state index in [9.17, 15) is 0 Å². The van der Waals surface area contributed by atoms with Gasteiger partial charge in [-0.15, -0.1) is 0 Å². The zero-order valence-corrected chi connectivity index (χ0v) is 12.2. The van der Waals surface area contributed by atoms with Crippen molar-refractivity contribution in [3.8, 4) is 0 Å². The van der Waals surface area contributed by atoms with E-state index >= 15 is 0 Å². The number of hydrogen-bond acceptors (Lipinski definition) is 5. The molecular weight excluding hydrogens is 309 g/mol. The normalized spacial score (nSPS) is 16.1. The van der Waals surface area contributed by atoms with Gasteiger partial charge in [0.15, 0.2) is 27.3 Å². The highest BCUT2D eigenvalue weighted by molar-refractivity contribution is 6.40. The number of nitrogens with zero attached hydrogens (tertiary/aromatic N) is 5. The lowest BCUT2D eigenvalue weighted by Gasteiger charge is -2.28. The highest BCUT2D eigenvalue weighted by Crippen LogP contribution is 2.28. The number of aromatic nitrogens is 4. The molecule has 2 aromatic rings. The molecule has 3 heterocycles. The Morgan fingerprint density at radius 3 is 2.21 bits per heavy atom. The second-order valence-electron chi connectivity index (χ2n) is 4.34. The molecule has 0 saturated carbocycles. The lowest BCUT2D eigenvalue weighted by molar-refractivity contribution is 0.574. The van der Waals surface area contributed by atoms with E-state index in [1.54, 1.807) is 0 Å². The Kier molecular flexibility index (Phi) is 3.60. The first-order chi connectivity index (χ1) is 9.15. The summed E-state index contributed by atoms with van der Waals surface area (Å²) < 4.78 is 0. The van der Waals surface area contributed by atoms with Crippen LogP contribution in [0.2, 0.25) is 15.6 Å². The summed E-state index contributed by atoms with van der Waals surface area (Å²) in [7, 11) is 0. The molecule has 1 aliphatic rings. The lowest BCUT2D eigenvalue weighted by atomic mass is 10.1. The van der Waals surface area contributed by atoms with Crippen LogP contribution in [0.5, 0.6) is 0 Å². The van der Waals surface area contributed by atoms with Crippen molar-refractivity contribution in [3.63, 3.8) is 0 Å². The third-order valence-corrected chi connectivity index (χ3v) is 3.85. The minimum Gasteiger partial charge on any atom is -0.355 e. The van der Waals surface area contributed by atoms with Crippen LogP contribution in [0.4, 0.5) is 5.82 Å². The molecule has 1 saturated heterocycles. The Labute approximate surface area is 124 Å². The highest BCUT2D eigenvalue weighted by atomic mass is 35.5. The molecule has 5 nitrogen and oxygen atoms in total. The van der Waals surface area contributed by atoms with Crippen molar-refractivity contribution >= 4 is 51.8 Å². The summed E-state index contributed by atoms with van der Waals surface area (Å²) in [6, 6.07) is 0. The quantitative estimate of drug-likeness (QED) is 0.755. The smallest absolute Gasteiger partial charge is 0.226 e. The molecule has 0 amide bonds. The molecule has 1 aliphatic heterocycles. The monoisotopic (exact) mass is 317 g/mol. The molecule has 3 rings (SSSR count). The zero-order chi connectivity index (χ0) is 13.4. The second-order valence-corrected chi connectivity index (χ2v) is 5.40. The summed E-state index contributed by atoms with van der Waals surface area (Å²) in [4.78, 5) is 18.8. The molecule has 0 bridgehead atoms. The van der Waals surface area contributed by atoms with Crippen molar-refractivity contribution in [2.75, 3.05) is 18.0 Å². The molecule has 0 aromatic carbocycles. The summed E-state index contributed by atoms with van der Waals surface area (Å²) in [5.74, 6) is 0.681. The van der Waals surface area contributed by atoms with Crippen LogP contribution in [0.1, 0.15) is 19.3 Å². The van der Waals surface area contributed by atoms with E-state index in [2.05, 4.69) is 24.8 Å². The van der Waals surface area contributed by atoms with E-state index in [0.717, 1.165) is 25.9 Å². The van der Waals surface area contributed by atoms with Crippen molar-refractivity contribution < 1.29 is 0 Å². The molecule has 100 valence electrons. The van der Waals surface area contributed by atoms with Crippen LogP contribution in [0.3, 0.4) is 0 Å². The predicted octanol–water partition coefficient (Wildman–Crippen LogP) is 3.37. The Balaban J connectivity index is 2.18. The first-order valence-corrected chi connectivity index (χ1v) is 7.10. The van der Waals surface area contributed by atoms with Gasteiger partial charge in [-0.3, -0.25) is 0 Å². The van der Waals surface area contributed by atoms with Crippen LogP contribution in [0.25, 0.3) is 11.2 Å². The van der Waals surface area contributed by atoms with E-state index in [4.69, 9.17) is 34.8 Å². The van der Waals surface area contributed by atoms with E-state index < -0.39 is 0 Å². The van der Waals surface area contributed by atoms with Crippen molar-refractivity contribution in [2.24, 2.45) is 0 Å². The van der Waals surface area contributed by atoms with Crippen LogP contribution in [-0.4, -0.2) is 33.0 Å². The molecule has 0 spiro atoms. The zero-order valence-electron chi connectivity index (χ0n) is 9.91. The minimum absolute atomic E-state index is 0.119. The third-order valence-electron chi connectivity index (χ3n) is 3.06. The largest absolute Gasteiger partial charge is 0.355 e. The standard InChI is InChI=1S/C11H10Cl3N5/c12-7-8(13)16-9-6(15-7)10(18-11(14)17-9)19-4-2-1-3-5-19/h1-5H2. The Morgan fingerprint density at radius 2 is 1.47 bits per heavy atom. The molecule has 2 aromatic heterocycles. The fourth-order valence-corrected chi connectivity index (χ4v) is 2.60. The fourth-order valence-electron chi connectivity index (χ4n) is 2.19. The average molecular weight is 319 g/mol. The van der Waals surface area contributed by atoms with Gasteiger partial charge in [-0.1, -0.05) is 23.2 Å². The minimum atomic E-state index is 0.119. The fraction of sp³-hybridized carbons (Fsp3) is 0.455. The molecule has 1 fully saturated rings. The first kappa shape index (κ1) is 13.1. The highest BCUT2D eigenvalue weighted by Gasteiger charge is 2.19. The molecule has 0 unspecified atom stereocenters. The SMILES string of the molecule is Clc1nc(N2CCCCC2)c2nc(Cl)c(Cl)nc2n1. The maximum absolute atomic E-state index is 5.94. The van der Waals surface area contributed by atoms with Crippen molar-refractivity contribution in [1.82, 2.24) is 19.9 Å². The Hall–Kier alpha value is -0.910. The summed E-state index contributed by atoms with van der Waals surface area (Å²) in [5, 5.41) is 0.410. The van der Waals surface area contributed by atoms with Gasteiger partial charge in [0.25, 0.3) is 0 Å². The molecule has 0 aliphatic carbocycles. The first-order valence-electron chi connectivity index (χ1n) is 5.96. The van der Waals surface area contributed by atoms with Crippen molar-refractivity contribution in [2.45, 2.75) is 19.3 Å². The van der Waals surface area contributed by atoms with Gasteiger partial charge in [0.05, 0.1) is 0 Å². The molecule has 19 heavy (non-hydrogen) atoms. The summed E-state index contributed by atoms with van der Waals surface area (Å²) >= 11 is 17.7. The maximum atomic E-state index is 5.94. The van der Waals surface area contributed by atoms with Crippen LogP contribution in [0.15, 0.2) is 0 Å². The van der Waals surface area contributed by atoms with Gasteiger partial charge in [-0.05, 0) is 30.9 Å². The molecule has 0 N–H and O–H groups in total. The lowest BCUT2D eigenvalue weighted by Crippen LogP contribution is -2.30. The summed E-state index contributed by atoms with van der Waals surface area (Å²) in [6.45, 7) is 1.84. The topological polar surface area (TPSA) is 54.8 Å². The molecule has 0 radical (unpaired) electrons. The third kappa shape index (κ3) is 2.55. The average Bonchev–Trinajstić information content (AvgIpc) is 2.41. The molecule has 8 heteroatoms. The van der Waals surface area contributed by atoms with Gasteiger partial charge < -0.3 is 4.90 Å². The van der Waals surface area contributed by atoms with Gasteiger partial charge >= 0.3 is 0 Å². The van der Waals surface area contributed by atoms with Crippen LogP contribution in [-0.2, 0) is 0 Å². The maximum Gasteiger partial charge on any atom is 0.226 e. The predicted molar refractivity (Wildman–Crippen MR) is 76.2 cm³/mol. The number of halogens is 3. The van der Waals surface area contributed by atoms with E-state index in [1.165, 1.54) is 6.42 Å². The summed E-state index contributed by atoms with van der Waals surface area (Å²) in [6.07, 6.45) is 3.47. The van der Waals surface area contributed by atoms with Crippen LogP contribution < -0.4 is 4.90 Å². The number of rotatable bonds is 1. The van der Waals surface area contributed by atoms with E-state index in [-0.39, 0.29) is 15.6 Å². The van der Waals surface area contributed by atoms with Crippen molar-refractivity contribution in [3.05, 3.63) is 15.6 Å². The number of fused-ring (bicyclic) bond motifs is 1. The molecular formula is C11H10Cl3N5. The van der Waals surface area contributed by atoms with Gasteiger partial charge in [0.2, 0.25) is 5.28 Å². The Bertz CT molecular complexity index is 627. The number of hydrogen-bond donors (Lipinski definition) is 0. The van der Waals surface area contributed by atoms with Crippen molar-refractivity contribution in [1.29, 1.82) is 0 Å². The molecule has 0 atom stereocenters. The van der Waals surface area contributed by atoms with Gasteiger partial charge in [-0.2, -0.15) is 9.97 Å². The summed E-state index contributed by atoms with van der Waals surface area (Å²) in [5.41, 5.74) is 0.913. The van der Waals surface area contributed by atoms with Gasteiger partial charge in [0.1, 0.15) is 0 Å². The van der Waals surface area contributed by atoms with E-state index in [0.29, 0.717) is 17.0 Å². The van der Waals surface area contributed by atoms with Gasteiger partial charge in [0, 0.05) is 13.1 Å². The van der Waals surface area contributed by atoms with Gasteiger partial charge in [-0.25, -0.2) is 9.97 Å². The number of anilines is 1. The number of piperidine rings is 1. The Morgan fingerprint density at radius 1 is 0.789 bits per heavy atom.